The number of nitrogens with zero attached hydrogens (tertiary/aromatic N) is 3. The molecule has 0 saturated heterocycles. The second-order valence-corrected chi connectivity index (χ2v) is 4.86. The van der Waals surface area contributed by atoms with Crippen molar-refractivity contribution in [3.05, 3.63) is 65.0 Å². The van der Waals surface area contributed by atoms with Crippen molar-refractivity contribution < 1.29 is 4.92 Å². The van der Waals surface area contributed by atoms with Crippen molar-refractivity contribution in [2.24, 2.45) is 0 Å². The minimum atomic E-state index is -0.392. The van der Waals surface area contributed by atoms with E-state index >= 15 is 0 Å². The smallest absolute Gasteiger partial charge is 0.278 e. The lowest BCUT2D eigenvalue weighted by molar-refractivity contribution is -0.383. The zero-order chi connectivity index (χ0) is 16.1. The normalized spacial score (nSPS) is 10.4. The maximum absolute atomic E-state index is 11.1. The van der Waals surface area contributed by atoms with E-state index in [0.717, 1.165) is 11.5 Å². The number of fused-ring (bicyclic) bond motifs is 1. The highest BCUT2D eigenvalue weighted by molar-refractivity contribution is 5.96. The lowest BCUT2D eigenvalue weighted by Crippen LogP contribution is -2.14. The topological polar surface area (TPSA) is 93.0 Å². The number of rotatable bonds is 6. The molecule has 1 aromatic carbocycles. The first-order valence-corrected chi connectivity index (χ1v) is 7.16. The number of non-ortho nitro benzene ring substituents is 1. The van der Waals surface area contributed by atoms with Crippen molar-refractivity contribution >= 4 is 28.1 Å². The van der Waals surface area contributed by atoms with Crippen LogP contribution >= 0.6 is 0 Å². The molecule has 23 heavy (non-hydrogen) atoms. The third-order valence-corrected chi connectivity index (χ3v) is 3.35. The van der Waals surface area contributed by atoms with Gasteiger partial charge in [0.25, 0.3) is 5.69 Å². The second kappa shape index (κ2) is 6.69. The largest absolute Gasteiger partial charge is 0.382 e. The van der Waals surface area contributed by atoms with Gasteiger partial charge in [0.15, 0.2) is 0 Å². The molecule has 116 valence electrons. The Morgan fingerprint density at radius 3 is 2.57 bits per heavy atom. The lowest BCUT2D eigenvalue weighted by atomic mass is 10.1. The highest BCUT2D eigenvalue weighted by atomic mass is 16.6. The summed E-state index contributed by atoms with van der Waals surface area (Å²) in [5.74, 6) is 0.806. The first-order chi connectivity index (χ1) is 11.3. The standard InChI is InChI=1S/C16H15N5O2/c22-21(23)14-7-6-13(16-12(14)4-3-9-20-16)17-10-11-19-15-5-1-2-8-18-15/h1-9,17H,10-11H2,(H,18,19). The highest BCUT2D eigenvalue weighted by Crippen LogP contribution is 2.29. The average molecular weight is 309 g/mol. The van der Waals surface area contributed by atoms with Gasteiger partial charge < -0.3 is 10.6 Å². The van der Waals surface area contributed by atoms with Gasteiger partial charge in [-0.05, 0) is 30.3 Å². The van der Waals surface area contributed by atoms with Gasteiger partial charge in [0, 0.05) is 31.5 Å². The molecule has 0 fully saturated rings. The Balaban J connectivity index is 1.71. The summed E-state index contributed by atoms with van der Waals surface area (Å²) in [5, 5.41) is 18.1. The van der Waals surface area contributed by atoms with Gasteiger partial charge >= 0.3 is 0 Å². The minimum absolute atomic E-state index is 0.0604. The molecule has 0 bridgehead atoms. The molecule has 0 amide bonds. The van der Waals surface area contributed by atoms with Crippen LogP contribution in [0.2, 0.25) is 0 Å². The van der Waals surface area contributed by atoms with Crippen LogP contribution in [0.1, 0.15) is 0 Å². The number of aromatic nitrogens is 2. The molecule has 0 radical (unpaired) electrons. The van der Waals surface area contributed by atoms with E-state index in [2.05, 4.69) is 20.6 Å². The van der Waals surface area contributed by atoms with Crippen molar-refractivity contribution in [2.45, 2.75) is 0 Å². The van der Waals surface area contributed by atoms with Gasteiger partial charge in [-0.1, -0.05) is 6.07 Å². The van der Waals surface area contributed by atoms with E-state index in [0.29, 0.717) is 24.0 Å². The quantitative estimate of drug-likeness (QED) is 0.413. The molecule has 0 saturated carbocycles. The molecule has 0 aliphatic heterocycles. The predicted octanol–water partition coefficient (Wildman–Crippen LogP) is 3.06. The van der Waals surface area contributed by atoms with Gasteiger partial charge in [0.1, 0.15) is 11.3 Å². The number of anilines is 2. The monoisotopic (exact) mass is 309 g/mol. The Morgan fingerprint density at radius 2 is 1.78 bits per heavy atom. The molecule has 2 aromatic heterocycles. The molecule has 0 aliphatic rings. The minimum Gasteiger partial charge on any atom is -0.382 e. The first kappa shape index (κ1) is 14.7. The van der Waals surface area contributed by atoms with E-state index in [4.69, 9.17) is 0 Å². The van der Waals surface area contributed by atoms with Crippen LogP contribution < -0.4 is 10.6 Å². The molecule has 3 rings (SSSR count). The summed E-state index contributed by atoms with van der Waals surface area (Å²) < 4.78 is 0. The van der Waals surface area contributed by atoms with Crippen LogP contribution in [0.25, 0.3) is 10.9 Å². The van der Waals surface area contributed by atoms with Gasteiger partial charge in [-0.25, -0.2) is 4.98 Å². The number of nitrogens with one attached hydrogen (secondary N) is 2. The van der Waals surface area contributed by atoms with Crippen LogP contribution in [0, 0.1) is 10.1 Å². The third kappa shape index (κ3) is 3.34. The molecule has 2 N–H and O–H groups in total. The molecule has 7 heteroatoms. The van der Waals surface area contributed by atoms with E-state index in [9.17, 15) is 10.1 Å². The Morgan fingerprint density at radius 1 is 0.957 bits per heavy atom. The van der Waals surface area contributed by atoms with Gasteiger partial charge in [-0.15, -0.1) is 0 Å². The second-order valence-electron chi connectivity index (χ2n) is 4.86. The molecule has 0 spiro atoms. The maximum atomic E-state index is 11.1. The fraction of sp³-hybridized carbons (Fsp3) is 0.125. The van der Waals surface area contributed by atoms with Crippen molar-refractivity contribution in [1.29, 1.82) is 0 Å². The van der Waals surface area contributed by atoms with Crippen LogP contribution in [-0.2, 0) is 0 Å². The summed E-state index contributed by atoms with van der Waals surface area (Å²) in [5.41, 5.74) is 1.43. The van der Waals surface area contributed by atoms with Gasteiger partial charge in [0.2, 0.25) is 0 Å². The van der Waals surface area contributed by atoms with Crippen LogP contribution in [0.5, 0.6) is 0 Å². The molecule has 2 heterocycles. The van der Waals surface area contributed by atoms with Crippen molar-refractivity contribution in [2.75, 3.05) is 23.7 Å². The molecule has 7 nitrogen and oxygen atoms in total. The van der Waals surface area contributed by atoms with Crippen molar-refractivity contribution in [3.8, 4) is 0 Å². The van der Waals surface area contributed by atoms with E-state index in [-0.39, 0.29) is 5.69 Å². The molecule has 0 aliphatic carbocycles. The van der Waals surface area contributed by atoms with Crippen molar-refractivity contribution in [1.82, 2.24) is 9.97 Å². The van der Waals surface area contributed by atoms with Crippen LogP contribution in [0.15, 0.2) is 54.9 Å². The average Bonchev–Trinajstić information content (AvgIpc) is 2.59. The molecular formula is C16H15N5O2. The van der Waals surface area contributed by atoms with E-state index in [1.807, 2.05) is 18.2 Å². The number of hydrogen-bond acceptors (Lipinski definition) is 6. The number of nitro benzene ring substituents is 1. The summed E-state index contributed by atoms with van der Waals surface area (Å²) in [6.07, 6.45) is 3.35. The molecule has 0 unspecified atom stereocenters. The zero-order valence-corrected chi connectivity index (χ0v) is 12.3. The lowest BCUT2D eigenvalue weighted by Gasteiger charge is -2.10. The Labute approximate surface area is 132 Å². The molecule has 0 atom stereocenters. The van der Waals surface area contributed by atoms with Crippen LogP contribution in [-0.4, -0.2) is 28.0 Å². The van der Waals surface area contributed by atoms with E-state index in [1.54, 1.807) is 30.6 Å². The summed E-state index contributed by atoms with van der Waals surface area (Å²) >= 11 is 0. The van der Waals surface area contributed by atoms with Gasteiger partial charge in [-0.2, -0.15) is 0 Å². The fourth-order valence-corrected chi connectivity index (χ4v) is 2.31. The number of benzene rings is 1. The fourth-order valence-electron chi connectivity index (χ4n) is 2.31. The zero-order valence-electron chi connectivity index (χ0n) is 12.3. The number of nitro groups is 1. The number of pyridine rings is 2. The Kier molecular flexibility index (Phi) is 4.28. The summed E-state index contributed by atoms with van der Waals surface area (Å²) in [4.78, 5) is 19.1. The maximum Gasteiger partial charge on any atom is 0.278 e. The van der Waals surface area contributed by atoms with Crippen LogP contribution in [0.3, 0.4) is 0 Å². The van der Waals surface area contributed by atoms with E-state index in [1.165, 1.54) is 6.07 Å². The van der Waals surface area contributed by atoms with Gasteiger partial charge in [-0.3, -0.25) is 15.1 Å². The molecule has 3 aromatic rings. The van der Waals surface area contributed by atoms with Crippen molar-refractivity contribution in [3.63, 3.8) is 0 Å². The highest BCUT2D eigenvalue weighted by Gasteiger charge is 2.14. The predicted molar refractivity (Wildman–Crippen MR) is 89.6 cm³/mol. The third-order valence-electron chi connectivity index (χ3n) is 3.35. The van der Waals surface area contributed by atoms with E-state index < -0.39 is 4.92 Å². The summed E-state index contributed by atoms with van der Waals surface area (Å²) in [7, 11) is 0. The molecular weight excluding hydrogens is 294 g/mol. The summed E-state index contributed by atoms with van der Waals surface area (Å²) in [6, 6.07) is 12.3. The first-order valence-electron chi connectivity index (χ1n) is 7.16. The number of hydrogen-bond donors (Lipinski definition) is 2. The Bertz CT molecular complexity index is 823. The summed E-state index contributed by atoms with van der Waals surface area (Å²) in [6.45, 7) is 1.31. The SMILES string of the molecule is O=[N+]([O-])c1ccc(NCCNc2ccccn2)c2ncccc12. The van der Waals surface area contributed by atoms with Crippen LogP contribution in [0.4, 0.5) is 17.2 Å². The Hall–Kier alpha value is -3.22. The van der Waals surface area contributed by atoms with Gasteiger partial charge in [0.05, 0.1) is 16.0 Å².